The Morgan fingerprint density at radius 1 is 0.971 bits per heavy atom. The van der Waals surface area contributed by atoms with Gasteiger partial charge in [0.15, 0.2) is 0 Å². The molecule has 9 heteroatoms. The van der Waals surface area contributed by atoms with E-state index in [1.54, 1.807) is 44.6 Å². The van der Waals surface area contributed by atoms with Crippen LogP contribution in [0.1, 0.15) is 22.3 Å². The summed E-state index contributed by atoms with van der Waals surface area (Å²) in [6.45, 7) is 0. The first kappa shape index (κ1) is 21.6. The van der Waals surface area contributed by atoms with Crippen LogP contribution in [0.4, 0.5) is 5.69 Å². The second kappa shape index (κ2) is 7.83. The van der Waals surface area contributed by atoms with Crippen molar-refractivity contribution in [3.63, 3.8) is 0 Å². The van der Waals surface area contributed by atoms with Crippen LogP contribution in [0.3, 0.4) is 0 Å². The molecule has 6 rings (SSSR count). The molecule has 0 spiro atoms. The second-order valence-electron chi connectivity index (χ2n) is 9.27. The van der Waals surface area contributed by atoms with Gasteiger partial charge in [-0.05, 0) is 36.6 Å². The number of hydrogen-bond acceptors (Lipinski definition) is 8. The van der Waals surface area contributed by atoms with E-state index < -0.39 is 17.8 Å². The Labute approximate surface area is 201 Å². The maximum Gasteiger partial charge on any atom is 0.339 e. The van der Waals surface area contributed by atoms with Crippen LogP contribution in [0.5, 0.6) is 11.5 Å². The van der Waals surface area contributed by atoms with Crippen LogP contribution in [0, 0.1) is 29.6 Å². The fourth-order valence-electron chi connectivity index (χ4n) is 6.55. The van der Waals surface area contributed by atoms with E-state index in [1.807, 2.05) is 12.1 Å². The number of rotatable bonds is 5. The maximum absolute atomic E-state index is 13.7. The molecule has 2 aliphatic heterocycles. The topological polar surface area (TPSA) is 104 Å². The molecule has 2 heterocycles. The lowest BCUT2D eigenvalue weighted by atomic mass is 9.71. The average molecular weight is 476 g/mol. The summed E-state index contributed by atoms with van der Waals surface area (Å²) in [5.74, 6) is -1.25. The Morgan fingerprint density at radius 2 is 1.71 bits per heavy atom. The minimum absolute atomic E-state index is 0.102. The van der Waals surface area contributed by atoms with Gasteiger partial charge in [-0.2, -0.15) is 0 Å². The summed E-state index contributed by atoms with van der Waals surface area (Å²) < 4.78 is 15.8. The molecule has 1 saturated heterocycles. The highest BCUT2D eigenvalue weighted by Crippen LogP contribution is 2.62. The highest BCUT2D eigenvalue weighted by atomic mass is 16.6. The van der Waals surface area contributed by atoms with Crippen molar-refractivity contribution in [2.24, 2.45) is 34.7 Å². The number of amides is 2. The van der Waals surface area contributed by atoms with Crippen LogP contribution in [0.25, 0.3) is 0 Å². The van der Waals surface area contributed by atoms with Crippen molar-refractivity contribution in [3.8, 4) is 11.5 Å². The molecule has 2 aromatic carbocycles. The first-order valence-corrected chi connectivity index (χ1v) is 11.5. The van der Waals surface area contributed by atoms with Crippen LogP contribution in [-0.4, -0.2) is 50.9 Å². The zero-order valence-electron chi connectivity index (χ0n) is 19.5. The molecule has 4 aliphatic rings. The first-order valence-electron chi connectivity index (χ1n) is 11.5. The fourth-order valence-corrected chi connectivity index (χ4v) is 6.55. The summed E-state index contributed by atoms with van der Waals surface area (Å²) in [4.78, 5) is 46.7. The van der Waals surface area contributed by atoms with Gasteiger partial charge in [0.25, 0.3) is 0 Å². The Kier molecular flexibility index (Phi) is 4.84. The van der Waals surface area contributed by atoms with Gasteiger partial charge in [-0.3, -0.25) is 9.59 Å². The molecule has 2 bridgehead atoms. The predicted molar refractivity (Wildman–Crippen MR) is 123 cm³/mol. The van der Waals surface area contributed by atoms with Crippen molar-refractivity contribution in [2.75, 3.05) is 26.2 Å². The van der Waals surface area contributed by atoms with Gasteiger partial charge < -0.3 is 19.0 Å². The van der Waals surface area contributed by atoms with Crippen molar-refractivity contribution >= 4 is 29.2 Å². The Bertz CT molecular complexity index is 1290. The lowest BCUT2D eigenvalue weighted by Crippen LogP contribution is -2.41. The molecular weight excluding hydrogens is 452 g/mol. The summed E-state index contributed by atoms with van der Waals surface area (Å²) in [7, 11) is 4.44. The molecule has 2 saturated carbocycles. The largest absolute Gasteiger partial charge is 0.497 e. The molecule has 6 atom stereocenters. The minimum atomic E-state index is -0.595. The van der Waals surface area contributed by atoms with Crippen LogP contribution >= 0.6 is 0 Å². The quantitative estimate of drug-likeness (QED) is 0.483. The number of benzene rings is 2. The lowest BCUT2D eigenvalue weighted by Gasteiger charge is -2.30. The summed E-state index contributed by atoms with van der Waals surface area (Å²) >= 11 is 0. The Hall–Kier alpha value is -3.88. The van der Waals surface area contributed by atoms with Gasteiger partial charge in [0.1, 0.15) is 17.6 Å². The summed E-state index contributed by atoms with van der Waals surface area (Å²) in [6.07, 6.45) is 0.433. The molecule has 2 aliphatic carbocycles. The predicted octanol–water partition coefficient (Wildman–Crippen LogP) is 2.67. The molecule has 0 aromatic heterocycles. The van der Waals surface area contributed by atoms with E-state index in [0.717, 1.165) is 11.3 Å². The number of imide groups is 1. The molecule has 180 valence electrons. The summed E-state index contributed by atoms with van der Waals surface area (Å²) in [5.41, 5.74) is 1.97. The number of oxime groups is 1. The Balaban J connectivity index is 1.36. The maximum atomic E-state index is 13.7. The second-order valence-corrected chi connectivity index (χ2v) is 9.27. The Morgan fingerprint density at radius 3 is 2.43 bits per heavy atom. The molecule has 0 unspecified atom stereocenters. The minimum Gasteiger partial charge on any atom is -0.497 e. The van der Waals surface area contributed by atoms with Gasteiger partial charge >= 0.3 is 5.97 Å². The van der Waals surface area contributed by atoms with Crippen molar-refractivity contribution in [1.29, 1.82) is 0 Å². The van der Waals surface area contributed by atoms with Gasteiger partial charge in [-0.25, -0.2) is 9.69 Å². The van der Waals surface area contributed by atoms with Crippen molar-refractivity contribution < 1.29 is 33.4 Å². The van der Waals surface area contributed by atoms with Gasteiger partial charge in [0.2, 0.25) is 11.8 Å². The van der Waals surface area contributed by atoms with E-state index in [0.29, 0.717) is 17.9 Å². The van der Waals surface area contributed by atoms with Gasteiger partial charge in [-0.1, -0.05) is 17.3 Å². The number of methoxy groups -OCH3 is 3. The number of carbonyl (C=O) groups excluding carboxylic acids is 3. The number of esters is 1. The number of anilines is 1. The molecule has 0 radical (unpaired) electrons. The highest BCUT2D eigenvalue weighted by Gasteiger charge is 2.70. The van der Waals surface area contributed by atoms with E-state index in [9.17, 15) is 14.4 Å². The third-order valence-electron chi connectivity index (χ3n) is 7.93. The number of carbonyl (C=O) groups is 3. The van der Waals surface area contributed by atoms with Crippen molar-refractivity contribution in [3.05, 3.63) is 53.6 Å². The van der Waals surface area contributed by atoms with E-state index in [1.165, 1.54) is 12.0 Å². The normalized spacial score (nSPS) is 30.0. The number of hydrogen-bond donors (Lipinski definition) is 0. The lowest BCUT2D eigenvalue weighted by molar-refractivity contribution is -0.125. The molecule has 35 heavy (non-hydrogen) atoms. The molecule has 9 nitrogen and oxygen atoms in total. The third-order valence-corrected chi connectivity index (χ3v) is 7.93. The third kappa shape index (κ3) is 2.87. The molecule has 3 fully saturated rings. The highest BCUT2D eigenvalue weighted by molar-refractivity contribution is 6.24. The van der Waals surface area contributed by atoms with Gasteiger partial charge in [0, 0.05) is 23.5 Å². The average Bonchev–Trinajstić information content (AvgIpc) is 3.63. The van der Waals surface area contributed by atoms with E-state index in [2.05, 4.69) is 5.16 Å². The molecule has 2 aromatic rings. The SMILES string of the molecule is COC(=O)c1ccccc1N1C(=O)[C@@H]2[C@H]3C[C@@H]([C@H]4C(c5ccc(OC)cc5OC)=NO[C@H]34)[C@H]2C1=O. The van der Waals surface area contributed by atoms with Crippen molar-refractivity contribution in [1.82, 2.24) is 0 Å². The van der Waals surface area contributed by atoms with Crippen LogP contribution in [0.2, 0.25) is 0 Å². The first-order chi connectivity index (χ1) is 17.0. The monoisotopic (exact) mass is 476 g/mol. The fraction of sp³-hybridized carbons (Fsp3) is 0.385. The molecule has 2 amide bonds. The number of ether oxygens (including phenoxy) is 3. The van der Waals surface area contributed by atoms with Crippen LogP contribution in [-0.2, 0) is 19.2 Å². The summed E-state index contributed by atoms with van der Waals surface area (Å²) in [5, 5.41) is 4.40. The molecule has 0 N–H and O–H groups in total. The van der Waals surface area contributed by atoms with Crippen LogP contribution < -0.4 is 14.4 Å². The van der Waals surface area contributed by atoms with Gasteiger partial charge in [-0.15, -0.1) is 0 Å². The number of nitrogens with zero attached hydrogens (tertiary/aromatic N) is 2. The van der Waals surface area contributed by atoms with E-state index in [4.69, 9.17) is 19.0 Å². The summed E-state index contributed by atoms with van der Waals surface area (Å²) in [6, 6.07) is 12.0. The zero-order valence-corrected chi connectivity index (χ0v) is 19.5. The zero-order chi connectivity index (χ0) is 24.4. The van der Waals surface area contributed by atoms with Crippen molar-refractivity contribution in [2.45, 2.75) is 12.5 Å². The van der Waals surface area contributed by atoms with E-state index in [-0.39, 0.29) is 46.9 Å². The smallest absolute Gasteiger partial charge is 0.339 e. The standard InChI is InChI=1S/C26H24N2O7/c1-32-12-8-9-14(18(10-12)33-2)22-21-15-11-16(23(21)35-27-22)20-19(15)24(29)28(25(20)30)17-7-5-4-6-13(17)26(31)34-3/h4-10,15-16,19-21,23H,11H2,1-3H3/t15-,16-,19-,20-,21+,23-/m1/s1. The number of fused-ring (bicyclic) bond motifs is 8. The van der Waals surface area contributed by atoms with Gasteiger partial charge in [0.05, 0.1) is 50.1 Å². The molecular formula is C26H24N2O7. The van der Waals surface area contributed by atoms with E-state index >= 15 is 0 Å². The van der Waals surface area contributed by atoms with Crippen LogP contribution in [0.15, 0.2) is 47.6 Å². The number of para-hydroxylation sites is 1.